The van der Waals surface area contributed by atoms with Crippen LogP contribution in [-0.4, -0.2) is 14.8 Å². The number of hydrogen-bond acceptors (Lipinski definition) is 5. The molecule has 0 saturated heterocycles. The van der Waals surface area contributed by atoms with Crippen molar-refractivity contribution in [2.24, 2.45) is 7.05 Å². The van der Waals surface area contributed by atoms with Gasteiger partial charge >= 0.3 is 0 Å². The second kappa shape index (κ2) is 5.19. The van der Waals surface area contributed by atoms with Crippen LogP contribution in [0, 0.1) is 18.3 Å². The van der Waals surface area contributed by atoms with E-state index < -0.39 is 0 Å². The smallest absolute Gasteiger partial charge is 0.142 e. The molecule has 2 rings (SSSR count). The lowest BCUT2D eigenvalue weighted by Gasteiger charge is -2.04. The van der Waals surface area contributed by atoms with Crippen LogP contribution in [0.2, 0.25) is 0 Å². The number of aryl methyl sites for hydroxylation is 3. The summed E-state index contributed by atoms with van der Waals surface area (Å²) in [6.45, 7) is 4.57. The molecular weight excluding hydrogens is 246 g/mol. The number of nitriles is 1. The highest BCUT2D eigenvalue weighted by Crippen LogP contribution is 2.19. The van der Waals surface area contributed by atoms with E-state index in [1.54, 1.807) is 16.0 Å². The largest absolute Gasteiger partial charge is 0.363 e. The molecule has 0 aliphatic rings. The van der Waals surface area contributed by atoms with E-state index in [0.717, 1.165) is 22.9 Å². The first kappa shape index (κ1) is 12.6. The van der Waals surface area contributed by atoms with Crippen molar-refractivity contribution in [2.75, 3.05) is 5.32 Å². The van der Waals surface area contributed by atoms with E-state index in [0.29, 0.717) is 12.1 Å². The molecule has 2 aromatic heterocycles. The molecule has 2 heterocycles. The summed E-state index contributed by atoms with van der Waals surface area (Å²) in [5.41, 5.74) is 1.35. The maximum absolute atomic E-state index is 9.10. The number of hydrogen-bond donors (Lipinski definition) is 1. The van der Waals surface area contributed by atoms with E-state index in [1.165, 1.54) is 4.88 Å². The molecule has 6 heteroatoms. The molecule has 0 bridgehead atoms. The predicted molar refractivity (Wildman–Crippen MR) is 71.5 cm³/mol. The molecular formula is C12H15N5S. The highest BCUT2D eigenvalue weighted by molar-refractivity contribution is 7.11. The Morgan fingerprint density at radius 1 is 1.56 bits per heavy atom. The molecule has 0 saturated carbocycles. The van der Waals surface area contributed by atoms with Crippen LogP contribution in [0.15, 0.2) is 6.20 Å². The van der Waals surface area contributed by atoms with Gasteiger partial charge in [0.25, 0.3) is 0 Å². The van der Waals surface area contributed by atoms with Crippen molar-refractivity contribution in [2.45, 2.75) is 26.8 Å². The summed E-state index contributed by atoms with van der Waals surface area (Å²) in [5.74, 6) is 0.753. The topological polar surface area (TPSA) is 66.5 Å². The Morgan fingerprint density at radius 2 is 2.33 bits per heavy atom. The summed E-state index contributed by atoms with van der Waals surface area (Å²) in [4.78, 5) is 5.61. The normalized spacial score (nSPS) is 10.3. The quantitative estimate of drug-likeness (QED) is 0.916. The molecule has 1 N–H and O–H groups in total. The summed E-state index contributed by atoms with van der Waals surface area (Å²) in [7, 11) is 1.83. The summed E-state index contributed by atoms with van der Waals surface area (Å²) in [5, 5.41) is 17.6. The molecule has 0 aliphatic carbocycles. The van der Waals surface area contributed by atoms with E-state index in [4.69, 9.17) is 5.26 Å². The molecule has 0 spiro atoms. The van der Waals surface area contributed by atoms with Crippen LogP contribution in [0.5, 0.6) is 0 Å². The molecule has 5 nitrogen and oxygen atoms in total. The van der Waals surface area contributed by atoms with Crippen molar-refractivity contribution in [3.8, 4) is 6.07 Å². The van der Waals surface area contributed by atoms with E-state index in [-0.39, 0.29) is 0 Å². The Hall–Kier alpha value is -1.87. The third kappa shape index (κ3) is 2.36. The minimum Gasteiger partial charge on any atom is -0.363 e. The molecule has 0 fully saturated rings. The molecule has 0 aliphatic heterocycles. The zero-order chi connectivity index (χ0) is 13.1. The second-order valence-corrected chi connectivity index (χ2v) is 5.17. The van der Waals surface area contributed by atoms with Gasteiger partial charge in [0, 0.05) is 18.1 Å². The lowest BCUT2D eigenvalue weighted by molar-refractivity contribution is 0.758. The average molecular weight is 261 g/mol. The maximum Gasteiger partial charge on any atom is 0.142 e. The fourth-order valence-corrected chi connectivity index (χ4v) is 2.55. The average Bonchev–Trinajstić information content (AvgIpc) is 2.91. The highest BCUT2D eigenvalue weighted by atomic mass is 32.1. The van der Waals surface area contributed by atoms with Crippen LogP contribution in [0.3, 0.4) is 0 Å². The lowest BCUT2D eigenvalue weighted by atomic mass is 10.2. The van der Waals surface area contributed by atoms with Gasteiger partial charge in [-0.15, -0.1) is 11.3 Å². The Labute approximate surface area is 110 Å². The third-order valence-corrected chi connectivity index (χ3v) is 3.83. The molecule has 0 atom stereocenters. The zero-order valence-corrected chi connectivity index (χ0v) is 11.5. The number of nitrogens with one attached hydrogen (secondary N) is 1. The minimum absolute atomic E-state index is 0.602. The summed E-state index contributed by atoms with van der Waals surface area (Å²) >= 11 is 1.69. The Kier molecular flexibility index (Phi) is 3.63. The first-order chi connectivity index (χ1) is 8.65. The van der Waals surface area contributed by atoms with Gasteiger partial charge in [-0.3, -0.25) is 4.68 Å². The summed E-state index contributed by atoms with van der Waals surface area (Å²) in [6.07, 6.45) is 2.91. The van der Waals surface area contributed by atoms with Crippen LogP contribution in [0.25, 0.3) is 0 Å². The Bertz CT molecular complexity index is 590. The minimum atomic E-state index is 0.602. The van der Waals surface area contributed by atoms with E-state index in [9.17, 15) is 0 Å². The Balaban J connectivity index is 2.13. The van der Waals surface area contributed by atoms with Crippen molar-refractivity contribution in [3.05, 3.63) is 27.3 Å². The fraction of sp³-hybridized carbons (Fsp3) is 0.417. The van der Waals surface area contributed by atoms with Gasteiger partial charge in [0.15, 0.2) is 0 Å². The monoisotopic (exact) mass is 261 g/mol. The second-order valence-electron chi connectivity index (χ2n) is 3.97. The molecule has 0 unspecified atom stereocenters. The van der Waals surface area contributed by atoms with Gasteiger partial charge in [-0.1, -0.05) is 6.92 Å². The van der Waals surface area contributed by atoms with Crippen molar-refractivity contribution < 1.29 is 0 Å². The van der Waals surface area contributed by atoms with Crippen molar-refractivity contribution in [1.29, 1.82) is 5.26 Å². The van der Waals surface area contributed by atoms with Crippen molar-refractivity contribution in [1.82, 2.24) is 14.8 Å². The highest BCUT2D eigenvalue weighted by Gasteiger charge is 2.12. The number of thiazole rings is 1. The van der Waals surface area contributed by atoms with Crippen molar-refractivity contribution in [3.63, 3.8) is 0 Å². The van der Waals surface area contributed by atoms with Crippen LogP contribution >= 0.6 is 11.3 Å². The number of anilines is 1. The predicted octanol–water partition coefficient (Wildman–Crippen LogP) is 2.23. The van der Waals surface area contributed by atoms with Gasteiger partial charge in [-0.05, 0) is 13.3 Å². The molecule has 2 aromatic rings. The Morgan fingerprint density at radius 3 is 2.94 bits per heavy atom. The summed E-state index contributed by atoms with van der Waals surface area (Å²) in [6, 6.07) is 2.17. The van der Waals surface area contributed by atoms with Gasteiger partial charge in [0.05, 0.1) is 12.2 Å². The molecule has 0 amide bonds. The van der Waals surface area contributed by atoms with E-state index in [2.05, 4.69) is 28.4 Å². The van der Waals surface area contributed by atoms with Gasteiger partial charge in [-0.2, -0.15) is 10.4 Å². The standard InChI is InChI=1S/C12H15N5S/c1-4-9-6-14-11(18-9)7-15-12-10(5-13)8(2)16-17(12)3/h6,15H,4,7H2,1-3H3. The van der Waals surface area contributed by atoms with Gasteiger partial charge in [-0.25, -0.2) is 4.98 Å². The van der Waals surface area contributed by atoms with Gasteiger partial charge in [0.2, 0.25) is 0 Å². The molecule has 94 valence electrons. The number of rotatable bonds is 4. The third-order valence-electron chi connectivity index (χ3n) is 2.69. The van der Waals surface area contributed by atoms with Gasteiger partial charge in [0.1, 0.15) is 22.5 Å². The molecule has 0 radical (unpaired) electrons. The lowest BCUT2D eigenvalue weighted by Crippen LogP contribution is -2.05. The number of nitrogens with zero attached hydrogens (tertiary/aromatic N) is 4. The first-order valence-electron chi connectivity index (χ1n) is 5.76. The van der Waals surface area contributed by atoms with Crippen LogP contribution in [0.4, 0.5) is 5.82 Å². The van der Waals surface area contributed by atoms with Crippen LogP contribution in [0.1, 0.15) is 28.1 Å². The van der Waals surface area contributed by atoms with Crippen LogP contribution < -0.4 is 5.32 Å². The van der Waals surface area contributed by atoms with E-state index >= 15 is 0 Å². The first-order valence-corrected chi connectivity index (χ1v) is 6.58. The fourth-order valence-electron chi connectivity index (χ4n) is 1.75. The molecule has 18 heavy (non-hydrogen) atoms. The molecule has 0 aromatic carbocycles. The maximum atomic E-state index is 9.10. The number of aromatic nitrogens is 3. The summed E-state index contributed by atoms with van der Waals surface area (Å²) < 4.78 is 1.70. The zero-order valence-electron chi connectivity index (χ0n) is 10.7. The SMILES string of the molecule is CCc1cnc(CNc2c(C#N)c(C)nn2C)s1. The van der Waals surface area contributed by atoms with Crippen LogP contribution in [-0.2, 0) is 20.0 Å². The van der Waals surface area contributed by atoms with E-state index in [1.807, 2.05) is 20.2 Å². The van der Waals surface area contributed by atoms with Gasteiger partial charge < -0.3 is 5.32 Å². The van der Waals surface area contributed by atoms with Crippen molar-refractivity contribution >= 4 is 17.2 Å².